The van der Waals surface area contributed by atoms with E-state index in [0.717, 1.165) is 11.1 Å². The van der Waals surface area contributed by atoms with E-state index >= 15 is 0 Å². The number of benzene rings is 1. The summed E-state index contributed by atoms with van der Waals surface area (Å²) in [5, 5.41) is 0.470. The summed E-state index contributed by atoms with van der Waals surface area (Å²) in [5.41, 5.74) is 3.29. The van der Waals surface area contributed by atoms with Crippen molar-refractivity contribution in [2.75, 3.05) is 13.7 Å². The molecule has 0 aliphatic rings. The highest BCUT2D eigenvalue weighted by Gasteiger charge is 2.29. The molecule has 7 heteroatoms. The van der Waals surface area contributed by atoms with Crippen molar-refractivity contribution in [2.24, 2.45) is 0 Å². The van der Waals surface area contributed by atoms with Crippen LogP contribution in [0.1, 0.15) is 22.3 Å². The van der Waals surface area contributed by atoms with Crippen LogP contribution in [-0.4, -0.2) is 29.7 Å². The highest BCUT2D eigenvalue weighted by atomic mass is 35.5. The first-order valence-electron chi connectivity index (χ1n) is 7.73. The third-order valence-electron chi connectivity index (χ3n) is 3.63. The van der Waals surface area contributed by atoms with Gasteiger partial charge in [-0.2, -0.15) is 13.2 Å². The number of nitrogens with zero attached hydrogens (tertiary/aromatic N) is 2. The lowest BCUT2D eigenvalue weighted by molar-refractivity contribution is -0.153. The van der Waals surface area contributed by atoms with Crippen molar-refractivity contribution in [1.29, 1.82) is 0 Å². The van der Waals surface area contributed by atoms with Crippen molar-refractivity contribution in [1.82, 2.24) is 9.88 Å². The molecule has 0 radical (unpaired) electrons. The molecular formula is C18H20ClF3N2O. The molecule has 0 spiro atoms. The Balaban J connectivity index is 2.06. The Morgan fingerprint density at radius 1 is 1.16 bits per heavy atom. The minimum atomic E-state index is -4.35. The fraction of sp³-hybridized carbons (Fsp3) is 0.389. The maximum Gasteiger partial charge on any atom is 0.422 e. The summed E-state index contributed by atoms with van der Waals surface area (Å²) >= 11 is 6.07. The second kappa shape index (κ2) is 8.06. The van der Waals surface area contributed by atoms with E-state index in [9.17, 15) is 13.2 Å². The zero-order valence-corrected chi connectivity index (χ0v) is 15.1. The smallest absolute Gasteiger partial charge is 0.422 e. The van der Waals surface area contributed by atoms with Crippen LogP contribution < -0.4 is 4.74 Å². The van der Waals surface area contributed by atoms with Crippen molar-refractivity contribution in [3.63, 3.8) is 0 Å². The zero-order valence-electron chi connectivity index (χ0n) is 14.3. The lowest BCUT2D eigenvalue weighted by Crippen LogP contribution is -2.20. The zero-order chi connectivity index (χ0) is 18.6. The highest BCUT2D eigenvalue weighted by Crippen LogP contribution is 2.28. The van der Waals surface area contributed by atoms with E-state index in [1.165, 1.54) is 0 Å². The maximum atomic E-state index is 12.3. The largest absolute Gasteiger partial charge is 0.484 e. The summed E-state index contributed by atoms with van der Waals surface area (Å²) < 4.78 is 42.0. The van der Waals surface area contributed by atoms with E-state index in [1.54, 1.807) is 20.0 Å². The maximum absolute atomic E-state index is 12.3. The summed E-state index contributed by atoms with van der Waals surface area (Å²) in [7, 11) is 1.95. The quantitative estimate of drug-likeness (QED) is 0.672. The molecule has 0 aliphatic heterocycles. The third kappa shape index (κ3) is 5.90. The number of halogens is 4. The third-order valence-corrected chi connectivity index (χ3v) is 3.97. The number of rotatable bonds is 6. The van der Waals surface area contributed by atoms with Crippen LogP contribution in [0.5, 0.6) is 5.75 Å². The number of hydrogen-bond acceptors (Lipinski definition) is 3. The van der Waals surface area contributed by atoms with Gasteiger partial charge >= 0.3 is 6.18 Å². The van der Waals surface area contributed by atoms with E-state index in [-0.39, 0.29) is 0 Å². The van der Waals surface area contributed by atoms with Crippen LogP contribution in [-0.2, 0) is 13.1 Å². The Morgan fingerprint density at radius 2 is 1.80 bits per heavy atom. The SMILES string of the molecule is Cc1cc(CN(C)Cc2cccnc2Cl)cc(C)c1OCC(F)(F)F. The van der Waals surface area contributed by atoms with Gasteiger partial charge in [0.15, 0.2) is 6.61 Å². The molecule has 0 unspecified atom stereocenters. The molecular weight excluding hydrogens is 353 g/mol. The lowest BCUT2D eigenvalue weighted by atomic mass is 10.1. The fourth-order valence-electron chi connectivity index (χ4n) is 2.71. The topological polar surface area (TPSA) is 25.4 Å². The summed E-state index contributed by atoms with van der Waals surface area (Å²) in [4.78, 5) is 6.11. The monoisotopic (exact) mass is 372 g/mol. The molecule has 2 aromatic rings. The summed E-state index contributed by atoms with van der Waals surface area (Å²) in [6, 6.07) is 7.44. The predicted octanol–water partition coefficient (Wildman–Crippen LogP) is 4.92. The standard InChI is InChI=1S/C18H20ClF3N2O/c1-12-7-14(8-13(2)16(12)25-11-18(20,21)22)9-24(3)10-15-5-4-6-23-17(15)19/h4-8H,9-11H2,1-3H3. The van der Waals surface area contributed by atoms with Gasteiger partial charge in [-0.1, -0.05) is 29.8 Å². The van der Waals surface area contributed by atoms with Gasteiger partial charge in [-0.15, -0.1) is 0 Å². The van der Waals surface area contributed by atoms with Crippen LogP contribution in [0.3, 0.4) is 0 Å². The molecule has 0 aliphatic carbocycles. The average molecular weight is 373 g/mol. The van der Waals surface area contributed by atoms with Crippen LogP contribution in [0.4, 0.5) is 13.2 Å². The molecule has 1 heterocycles. The molecule has 0 saturated carbocycles. The first-order valence-corrected chi connectivity index (χ1v) is 8.11. The van der Waals surface area contributed by atoms with Crippen molar-refractivity contribution in [2.45, 2.75) is 33.1 Å². The number of pyridine rings is 1. The van der Waals surface area contributed by atoms with Crippen LogP contribution >= 0.6 is 11.6 Å². The first kappa shape index (κ1) is 19.5. The Labute approximate surface area is 150 Å². The number of hydrogen-bond donors (Lipinski definition) is 0. The van der Waals surface area contributed by atoms with Gasteiger partial charge in [0.1, 0.15) is 10.9 Å². The van der Waals surface area contributed by atoms with Gasteiger partial charge < -0.3 is 4.74 Å². The van der Waals surface area contributed by atoms with Crippen LogP contribution in [0, 0.1) is 13.8 Å². The first-order chi connectivity index (χ1) is 11.7. The van der Waals surface area contributed by atoms with Crippen molar-refractivity contribution >= 4 is 11.6 Å². The average Bonchev–Trinajstić information content (AvgIpc) is 2.47. The van der Waals surface area contributed by atoms with Crippen LogP contribution in [0.25, 0.3) is 0 Å². The number of ether oxygens (including phenoxy) is 1. The molecule has 0 bridgehead atoms. The van der Waals surface area contributed by atoms with E-state index in [4.69, 9.17) is 16.3 Å². The normalized spacial score (nSPS) is 11.8. The van der Waals surface area contributed by atoms with E-state index in [1.807, 2.05) is 31.3 Å². The Hall–Kier alpha value is -1.79. The van der Waals surface area contributed by atoms with E-state index in [2.05, 4.69) is 9.88 Å². The molecule has 0 amide bonds. The van der Waals surface area contributed by atoms with Crippen LogP contribution in [0.2, 0.25) is 5.15 Å². The molecule has 136 valence electrons. The van der Waals surface area contributed by atoms with Gasteiger partial charge in [-0.05, 0) is 43.7 Å². The van der Waals surface area contributed by atoms with E-state index < -0.39 is 12.8 Å². The van der Waals surface area contributed by atoms with Gasteiger partial charge in [0, 0.05) is 24.8 Å². The number of alkyl halides is 3. The minimum absolute atomic E-state index is 0.291. The summed E-state index contributed by atoms with van der Waals surface area (Å²) in [6.45, 7) is 3.47. The molecule has 0 saturated heterocycles. The predicted molar refractivity (Wildman–Crippen MR) is 91.9 cm³/mol. The molecule has 1 aromatic carbocycles. The van der Waals surface area contributed by atoms with Gasteiger partial charge in [0.2, 0.25) is 0 Å². The Morgan fingerprint density at radius 3 is 2.36 bits per heavy atom. The summed E-state index contributed by atoms with van der Waals surface area (Å²) in [5.74, 6) is 0.291. The molecule has 0 atom stereocenters. The molecule has 0 fully saturated rings. The Bertz CT molecular complexity index is 711. The second-order valence-electron chi connectivity index (χ2n) is 6.09. The molecule has 3 nitrogen and oxygen atoms in total. The van der Waals surface area contributed by atoms with Gasteiger partial charge in [0.25, 0.3) is 0 Å². The number of aromatic nitrogens is 1. The molecule has 1 aromatic heterocycles. The van der Waals surface area contributed by atoms with Gasteiger partial charge in [-0.25, -0.2) is 4.98 Å². The second-order valence-corrected chi connectivity index (χ2v) is 6.45. The summed E-state index contributed by atoms with van der Waals surface area (Å²) in [6.07, 6.45) is -2.71. The number of aryl methyl sites for hydroxylation is 2. The Kier molecular flexibility index (Phi) is 6.30. The minimum Gasteiger partial charge on any atom is -0.484 e. The fourth-order valence-corrected chi connectivity index (χ4v) is 2.89. The highest BCUT2D eigenvalue weighted by molar-refractivity contribution is 6.30. The van der Waals surface area contributed by atoms with Crippen molar-refractivity contribution < 1.29 is 17.9 Å². The van der Waals surface area contributed by atoms with E-state index in [0.29, 0.717) is 35.1 Å². The van der Waals surface area contributed by atoms with Gasteiger partial charge in [-0.3, -0.25) is 4.90 Å². The lowest BCUT2D eigenvalue weighted by Gasteiger charge is -2.20. The molecule has 25 heavy (non-hydrogen) atoms. The van der Waals surface area contributed by atoms with Crippen molar-refractivity contribution in [3.8, 4) is 5.75 Å². The van der Waals surface area contributed by atoms with Crippen molar-refractivity contribution in [3.05, 3.63) is 57.9 Å². The molecule has 2 rings (SSSR count). The molecule has 0 N–H and O–H groups in total. The van der Waals surface area contributed by atoms with Gasteiger partial charge in [0.05, 0.1) is 0 Å². The van der Waals surface area contributed by atoms with Crippen LogP contribution in [0.15, 0.2) is 30.5 Å².